The van der Waals surface area contributed by atoms with Crippen LogP contribution in [0.2, 0.25) is 0 Å². The van der Waals surface area contributed by atoms with Crippen molar-refractivity contribution in [3.8, 4) is 6.07 Å². The molecule has 0 aliphatic carbocycles. The average molecular weight is 887 g/mol. The summed E-state index contributed by atoms with van der Waals surface area (Å²) < 4.78 is 95.1. The monoisotopic (exact) mass is 886 g/mol. The first kappa shape index (κ1) is 42.1. The molecule has 1 unspecified atom stereocenters. The Morgan fingerprint density at radius 2 is 1.90 bits per heavy atom. The summed E-state index contributed by atoms with van der Waals surface area (Å²) in [7, 11) is -9.36. The lowest BCUT2D eigenvalue weighted by atomic mass is 10.1. The number of carbonyl (C=O) groups is 2. The van der Waals surface area contributed by atoms with Gasteiger partial charge in [0, 0.05) is 17.9 Å². The third kappa shape index (κ3) is 8.77. The molecule has 3 N–H and O–H groups in total. The number of nitrogens with one attached hydrogen (secondary N) is 3. The van der Waals surface area contributed by atoms with Crippen LogP contribution in [0.4, 0.5) is 16.2 Å². The second-order valence-electron chi connectivity index (χ2n) is 14.3. The number of imidazole rings is 1. The van der Waals surface area contributed by atoms with Crippen molar-refractivity contribution in [2.45, 2.75) is 76.2 Å². The van der Waals surface area contributed by atoms with Crippen molar-refractivity contribution >= 4 is 63.8 Å². The van der Waals surface area contributed by atoms with Crippen LogP contribution in [0.15, 0.2) is 47.8 Å². The molecule has 8 atom stereocenters. The molecule has 2 bridgehead atoms. The highest BCUT2D eigenvalue weighted by Gasteiger charge is 2.52. The van der Waals surface area contributed by atoms with Crippen LogP contribution in [0.1, 0.15) is 55.9 Å². The molecule has 24 nitrogen and oxygen atoms in total. The largest absolute Gasteiger partial charge is 0.475 e. The molecule has 5 aromatic rings. The van der Waals surface area contributed by atoms with Crippen molar-refractivity contribution in [3.63, 3.8) is 0 Å². The zero-order valence-electron chi connectivity index (χ0n) is 32.1. The summed E-state index contributed by atoms with van der Waals surface area (Å²) in [5.74, 6) is -2.35. The van der Waals surface area contributed by atoms with Crippen LogP contribution < -0.4 is 16.2 Å². The minimum atomic E-state index is -4.79. The van der Waals surface area contributed by atoms with Crippen molar-refractivity contribution in [1.82, 2.24) is 44.5 Å². The molecule has 3 saturated heterocycles. The van der Waals surface area contributed by atoms with Crippen LogP contribution in [-0.4, -0.2) is 114 Å². The number of hydrogen-bond acceptors (Lipinski definition) is 19. The van der Waals surface area contributed by atoms with E-state index in [2.05, 4.69) is 45.9 Å². The smallest absolute Gasteiger partial charge is 0.350 e. The number of nitriles is 1. The van der Waals surface area contributed by atoms with E-state index < -0.39 is 103 Å². The standard InChI is InChI=1S/C34H36FN12O12PS/c1-17(2)29(48)42-34-41-28-24(31(50)43-34)44-45-47(28)32-20-13-19(56-32)9-12-61(52,53)59-25-21(14-55-60(51,58-20)54-11-6-10-36)57-33(22(25)35)46-16-39-23-26(37-15-38-27(23)46)40-30(49)18-7-4-3-5-8-18/h3-5,7-8,15-17,19-22,25,32-33H,6,9,11-14H2,1-2H3,(H,37,38,40,49)(H2,41,42,43,48,50)/t19-,20-,21-,22-,25-,32-,33-,60?/m1/s1. The maximum atomic E-state index is 16.6. The molecule has 3 aliphatic rings. The number of H-pyrrole nitrogens is 1. The number of halogens is 1. The minimum Gasteiger partial charge on any atom is -0.350 e. The van der Waals surface area contributed by atoms with Crippen molar-refractivity contribution in [2.75, 3.05) is 29.6 Å². The fourth-order valence-corrected chi connectivity index (χ4v) is 9.31. The molecule has 0 radical (unpaired) electrons. The molecular weight excluding hydrogens is 850 g/mol. The normalized spacial score (nSPS) is 27.8. The van der Waals surface area contributed by atoms with Crippen molar-refractivity contribution in [1.29, 1.82) is 5.26 Å². The fourth-order valence-electron chi connectivity index (χ4n) is 6.73. The SMILES string of the molecule is CC(C)C(=O)Nc1nc2c(nnn2[C@@H]2O[C@@H]3CCS(=O)(=O)O[C@H]4[C@@H](F)[C@H](n5cnc6c(NC(=O)c7ccccc7)ncnc65)O[C@@H]4COP(=O)(OCCC#N)O[C@@H]2C3)c(=O)[nH]1. The van der Waals surface area contributed by atoms with E-state index in [1.807, 2.05) is 6.07 Å². The summed E-state index contributed by atoms with van der Waals surface area (Å²) in [4.78, 5) is 57.5. The topological polar surface area (TPSA) is 309 Å². The molecule has 322 valence electrons. The van der Waals surface area contributed by atoms with E-state index in [0.717, 1.165) is 21.9 Å². The summed E-state index contributed by atoms with van der Waals surface area (Å²) in [5.41, 5.74) is -0.803. The summed E-state index contributed by atoms with van der Waals surface area (Å²) >= 11 is 0. The van der Waals surface area contributed by atoms with E-state index in [9.17, 15) is 32.6 Å². The number of ether oxygens (including phenoxy) is 2. The van der Waals surface area contributed by atoms with Gasteiger partial charge in [-0.1, -0.05) is 37.3 Å². The van der Waals surface area contributed by atoms with Gasteiger partial charge in [-0.2, -0.15) is 23.3 Å². The molecule has 0 saturated carbocycles. The highest BCUT2D eigenvalue weighted by Crippen LogP contribution is 2.55. The van der Waals surface area contributed by atoms with E-state index in [0.29, 0.717) is 5.56 Å². The van der Waals surface area contributed by atoms with E-state index in [1.54, 1.807) is 44.2 Å². The number of fused-ring (bicyclic) bond motifs is 5. The first-order chi connectivity index (χ1) is 29.2. The van der Waals surface area contributed by atoms with Gasteiger partial charge in [0.1, 0.15) is 24.6 Å². The zero-order chi connectivity index (χ0) is 43.1. The Hall–Kier alpha value is -5.65. The van der Waals surface area contributed by atoms with Crippen molar-refractivity contribution in [2.24, 2.45) is 5.92 Å². The Morgan fingerprint density at radius 1 is 1.10 bits per heavy atom. The number of anilines is 2. The number of amides is 2. The summed E-state index contributed by atoms with van der Waals surface area (Å²) in [5, 5.41) is 22.2. The molecule has 3 aliphatic heterocycles. The molecule has 4 aromatic heterocycles. The number of phosphoric acid groups is 1. The number of aromatic nitrogens is 9. The van der Waals surface area contributed by atoms with Gasteiger partial charge in [-0.15, -0.1) is 5.10 Å². The maximum absolute atomic E-state index is 16.6. The van der Waals surface area contributed by atoms with Gasteiger partial charge in [0.25, 0.3) is 21.6 Å². The molecule has 3 fully saturated rings. The zero-order valence-corrected chi connectivity index (χ0v) is 33.8. The Balaban J connectivity index is 1.09. The third-order valence-corrected chi connectivity index (χ3v) is 12.5. The Morgan fingerprint density at radius 3 is 2.67 bits per heavy atom. The number of nitrogens with zero attached hydrogens (tertiary/aromatic N) is 9. The highest BCUT2D eigenvalue weighted by atomic mass is 32.2. The molecule has 61 heavy (non-hydrogen) atoms. The van der Waals surface area contributed by atoms with Gasteiger partial charge in [0.2, 0.25) is 11.9 Å². The second kappa shape index (κ2) is 17.0. The quantitative estimate of drug-likeness (QED) is 0.109. The fraction of sp³-hybridized carbons (Fsp3) is 0.471. The Bertz CT molecular complexity index is 2730. The van der Waals surface area contributed by atoms with Gasteiger partial charge in [0.15, 0.2) is 46.8 Å². The van der Waals surface area contributed by atoms with Gasteiger partial charge in [-0.3, -0.25) is 47.0 Å². The molecule has 0 spiro atoms. The highest BCUT2D eigenvalue weighted by molar-refractivity contribution is 7.86. The molecule has 7 heterocycles. The van der Waals surface area contributed by atoms with E-state index in [1.165, 1.54) is 0 Å². The molecular formula is C34H36FN12O12PS. The van der Waals surface area contributed by atoms with Crippen LogP contribution in [0.25, 0.3) is 22.3 Å². The van der Waals surface area contributed by atoms with Crippen LogP contribution in [-0.2, 0) is 46.7 Å². The predicted octanol–water partition coefficient (Wildman–Crippen LogP) is 2.28. The first-order valence-corrected chi connectivity index (χ1v) is 21.8. The molecule has 8 rings (SSSR count). The average Bonchev–Trinajstić information content (AvgIpc) is 4.02. The summed E-state index contributed by atoms with van der Waals surface area (Å²) in [6, 6.07) is 10.1. The van der Waals surface area contributed by atoms with Crippen LogP contribution in [0, 0.1) is 17.2 Å². The van der Waals surface area contributed by atoms with Gasteiger partial charge in [-0.05, 0) is 18.6 Å². The second-order valence-corrected chi connectivity index (χ2v) is 17.6. The van der Waals surface area contributed by atoms with Crippen LogP contribution in [0.5, 0.6) is 0 Å². The van der Waals surface area contributed by atoms with Gasteiger partial charge in [0.05, 0.1) is 43.9 Å². The number of phosphoric ester groups is 1. The third-order valence-electron chi connectivity index (χ3n) is 9.73. The summed E-state index contributed by atoms with van der Waals surface area (Å²) in [6.07, 6.45) is -9.37. The number of hydrogen-bond donors (Lipinski definition) is 3. The lowest BCUT2D eigenvalue weighted by Crippen LogP contribution is -2.37. The Labute approximate surface area is 343 Å². The number of alkyl halides is 1. The molecule has 27 heteroatoms. The molecule has 1 aromatic carbocycles. The first-order valence-electron chi connectivity index (χ1n) is 18.7. The molecule has 2 amide bonds. The maximum Gasteiger partial charge on any atom is 0.475 e. The predicted molar refractivity (Wildman–Crippen MR) is 204 cm³/mol. The number of rotatable bonds is 9. The number of carbonyl (C=O) groups excluding carboxylic acids is 2. The number of aromatic amines is 1. The summed E-state index contributed by atoms with van der Waals surface area (Å²) in [6.45, 7) is 1.98. The van der Waals surface area contributed by atoms with E-state index in [-0.39, 0.29) is 53.4 Å². The van der Waals surface area contributed by atoms with Crippen LogP contribution >= 0.6 is 7.82 Å². The van der Waals surface area contributed by atoms with Crippen LogP contribution in [0.3, 0.4) is 0 Å². The van der Waals surface area contributed by atoms with Gasteiger partial charge < -0.3 is 14.8 Å². The van der Waals surface area contributed by atoms with Gasteiger partial charge in [-0.25, -0.2) is 23.9 Å². The Kier molecular flexibility index (Phi) is 11.7. The number of benzene rings is 1. The lowest BCUT2D eigenvalue weighted by molar-refractivity contribution is -0.118. The van der Waals surface area contributed by atoms with Crippen molar-refractivity contribution < 1.29 is 54.2 Å². The van der Waals surface area contributed by atoms with Crippen molar-refractivity contribution in [3.05, 3.63) is 58.9 Å². The van der Waals surface area contributed by atoms with E-state index >= 15 is 4.39 Å². The van der Waals surface area contributed by atoms with E-state index in [4.69, 9.17) is 27.2 Å². The minimum absolute atomic E-state index is 0.00158. The lowest BCUT2D eigenvalue weighted by Gasteiger charge is -2.26. The van der Waals surface area contributed by atoms with Gasteiger partial charge >= 0.3 is 7.82 Å².